The molecule has 4 aromatic carbocycles. The molecule has 0 aliphatic rings. The molecule has 0 aliphatic carbocycles. The predicted molar refractivity (Wildman–Crippen MR) is 218 cm³/mol. The predicted octanol–water partition coefficient (Wildman–Crippen LogP) is 9.65. The third-order valence-corrected chi connectivity index (χ3v) is 10.6. The molecule has 0 unspecified atom stereocenters. The van der Waals surface area contributed by atoms with Gasteiger partial charge in [0, 0.05) is 88.3 Å². The first kappa shape index (κ1) is 34.8. The van der Waals surface area contributed by atoms with Crippen molar-refractivity contribution in [1.82, 2.24) is 0 Å². The fourth-order valence-electron chi connectivity index (χ4n) is 7.65. The van der Waals surface area contributed by atoms with Crippen molar-refractivity contribution in [2.75, 3.05) is 0 Å². The Kier molecular flexibility index (Phi) is 9.91. The van der Waals surface area contributed by atoms with Crippen LogP contribution in [0.4, 0.5) is 0 Å². The molecule has 0 saturated heterocycles. The van der Waals surface area contributed by atoms with E-state index >= 15 is 0 Å². The van der Waals surface area contributed by atoms with Gasteiger partial charge in [0.25, 0.3) is 0 Å². The highest BCUT2D eigenvalue weighted by atomic mass is 15.0. The highest BCUT2D eigenvalue weighted by molar-refractivity contribution is 5.88. The zero-order chi connectivity index (χ0) is 37.0. The number of hydrogen-bond donors (Lipinski definition) is 0. The van der Waals surface area contributed by atoms with Crippen LogP contribution in [0.15, 0.2) is 183 Å². The van der Waals surface area contributed by atoms with Crippen LogP contribution in [0.2, 0.25) is 0 Å². The van der Waals surface area contributed by atoms with Crippen molar-refractivity contribution in [3.8, 4) is 33.6 Å². The molecule has 8 aromatic rings. The maximum absolute atomic E-state index is 2.28. The van der Waals surface area contributed by atoms with Gasteiger partial charge in [0.05, 0.1) is 0 Å². The van der Waals surface area contributed by atoms with Crippen LogP contribution >= 0.6 is 0 Å². The van der Waals surface area contributed by atoms with Crippen LogP contribution in [0.5, 0.6) is 0 Å². The lowest BCUT2D eigenvalue weighted by atomic mass is 9.98. The molecule has 0 fully saturated rings. The largest absolute Gasteiger partial charge is 0.214 e. The first-order valence-corrected chi connectivity index (χ1v) is 19.1. The summed E-state index contributed by atoms with van der Waals surface area (Å²) in [7, 11) is 0. The highest BCUT2D eigenvalue weighted by Gasteiger charge is 2.18. The van der Waals surface area contributed by atoms with Gasteiger partial charge in [-0.25, -0.2) is 9.13 Å². The van der Waals surface area contributed by atoms with Crippen molar-refractivity contribution in [3.05, 3.63) is 205 Å². The average Bonchev–Trinajstić information content (AvgIpc) is 3.22. The summed E-state index contributed by atoms with van der Waals surface area (Å²) >= 11 is 0. The van der Waals surface area contributed by atoms with Crippen LogP contribution in [-0.2, 0) is 13.1 Å². The molecule has 0 N–H and O–H groups in total. The van der Waals surface area contributed by atoms with Crippen molar-refractivity contribution in [3.63, 3.8) is 0 Å². The molecule has 4 aromatic heterocycles. The number of pyridine rings is 4. The summed E-state index contributed by atoms with van der Waals surface area (Å²) in [6.45, 7) is 10.6. The Balaban J connectivity index is 0.985. The summed E-state index contributed by atoms with van der Waals surface area (Å²) in [5, 5.41) is 2.60. The second-order valence-corrected chi connectivity index (χ2v) is 14.9. The molecule has 0 spiro atoms. The average molecular weight is 705 g/mol. The van der Waals surface area contributed by atoms with E-state index in [4.69, 9.17) is 0 Å². The normalized spacial score (nSPS) is 11.4. The van der Waals surface area contributed by atoms with Crippen LogP contribution in [0.25, 0.3) is 44.4 Å². The minimum absolute atomic E-state index is 0.467. The Hall–Kier alpha value is -6.26. The van der Waals surface area contributed by atoms with Crippen LogP contribution in [0, 0.1) is 0 Å². The molecule has 0 saturated carbocycles. The van der Waals surface area contributed by atoms with E-state index in [1.54, 1.807) is 0 Å². The molecular formula is C50H48N4+4. The van der Waals surface area contributed by atoms with Gasteiger partial charge in [0.2, 0.25) is 11.4 Å². The Morgan fingerprint density at radius 3 is 1.09 bits per heavy atom. The van der Waals surface area contributed by atoms with E-state index in [9.17, 15) is 0 Å². The minimum atomic E-state index is 0.467. The second kappa shape index (κ2) is 15.4. The number of nitrogens with zero attached hydrogens (tertiary/aromatic N) is 4. The first-order chi connectivity index (χ1) is 26.4. The molecule has 0 bridgehead atoms. The van der Waals surface area contributed by atoms with E-state index in [1.807, 2.05) is 0 Å². The number of rotatable bonds is 10. The molecule has 0 aliphatic heterocycles. The van der Waals surface area contributed by atoms with Crippen molar-refractivity contribution in [1.29, 1.82) is 0 Å². The van der Waals surface area contributed by atoms with E-state index in [2.05, 4.69) is 229 Å². The summed E-state index contributed by atoms with van der Waals surface area (Å²) in [6, 6.07) is 48.4. The lowest BCUT2D eigenvalue weighted by Gasteiger charge is -2.10. The Bertz CT molecular complexity index is 2340. The number of benzene rings is 4. The lowest BCUT2D eigenvalue weighted by Crippen LogP contribution is -2.34. The number of para-hydroxylation sites is 2. The zero-order valence-corrected chi connectivity index (χ0v) is 31.7. The van der Waals surface area contributed by atoms with Crippen LogP contribution in [-0.4, -0.2) is 0 Å². The lowest BCUT2D eigenvalue weighted by molar-refractivity contribution is -0.688. The van der Waals surface area contributed by atoms with Crippen molar-refractivity contribution in [2.24, 2.45) is 0 Å². The maximum atomic E-state index is 2.28. The highest BCUT2D eigenvalue weighted by Crippen LogP contribution is 2.25. The molecule has 0 radical (unpaired) electrons. The van der Waals surface area contributed by atoms with Crippen LogP contribution in [0.3, 0.4) is 0 Å². The molecular weight excluding hydrogens is 657 g/mol. The fraction of sp³-hybridized carbons (Fsp3) is 0.160. The topological polar surface area (TPSA) is 15.5 Å². The Labute approximate surface area is 319 Å². The second-order valence-electron chi connectivity index (χ2n) is 14.9. The monoisotopic (exact) mass is 704 g/mol. The van der Waals surface area contributed by atoms with Gasteiger partial charge >= 0.3 is 0 Å². The Morgan fingerprint density at radius 1 is 0.370 bits per heavy atom. The molecule has 4 nitrogen and oxygen atoms in total. The smallest absolute Gasteiger partial charge is 0.201 e. The van der Waals surface area contributed by atoms with Crippen molar-refractivity contribution < 1.29 is 18.3 Å². The molecule has 264 valence electrons. The van der Waals surface area contributed by atoms with E-state index in [1.165, 1.54) is 66.7 Å². The molecule has 0 amide bonds. The summed E-state index contributed by atoms with van der Waals surface area (Å²) < 4.78 is 9.00. The first-order valence-electron chi connectivity index (χ1n) is 19.1. The van der Waals surface area contributed by atoms with Gasteiger partial charge < -0.3 is 0 Å². The number of aromatic nitrogens is 4. The fourth-order valence-corrected chi connectivity index (χ4v) is 7.65. The molecule has 8 rings (SSSR count). The van der Waals surface area contributed by atoms with Crippen LogP contribution in [0.1, 0.15) is 61.8 Å². The van der Waals surface area contributed by atoms with Gasteiger partial charge in [-0.15, -0.1) is 0 Å². The van der Waals surface area contributed by atoms with E-state index in [0.717, 1.165) is 13.1 Å². The van der Waals surface area contributed by atoms with Gasteiger partial charge in [-0.3, -0.25) is 0 Å². The SMILES string of the molecule is CC(C)c1ccccc1-[n+]1ccc(-c2cc[n+](Cc3cccc4cccc(C[n+]5ccc(-c6cc[n+](-c7ccccc7C(C)C)cc6)cc5)c34)cc2)cc1. The summed E-state index contributed by atoms with van der Waals surface area (Å²) in [5.41, 5.74) is 12.6. The van der Waals surface area contributed by atoms with Crippen LogP contribution < -0.4 is 18.3 Å². The zero-order valence-electron chi connectivity index (χ0n) is 31.7. The maximum Gasteiger partial charge on any atom is 0.214 e. The van der Waals surface area contributed by atoms with Gasteiger partial charge in [-0.1, -0.05) is 100 Å². The van der Waals surface area contributed by atoms with Gasteiger partial charge in [-0.05, 0) is 39.5 Å². The summed E-state index contributed by atoms with van der Waals surface area (Å²) in [6.07, 6.45) is 17.5. The Morgan fingerprint density at radius 2 is 0.722 bits per heavy atom. The summed E-state index contributed by atoms with van der Waals surface area (Å²) in [5.74, 6) is 0.933. The van der Waals surface area contributed by atoms with Crippen molar-refractivity contribution in [2.45, 2.75) is 52.6 Å². The molecule has 4 heterocycles. The quantitative estimate of drug-likeness (QED) is 0.126. The number of fused-ring (bicyclic) bond motifs is 1. The molecule has 4 heteroatoms. The van der Waals surface area contributed by atoms with E-state index < -0.39 is 0 Å². The third-order valence-electron chi connectivity index (χ3n) is 10.6. The molecule has 54 heavy (non-hydrogen) atoms. The third kappa shape index (κ3) is 7.33. The van der Waals surface area contributed by atoms with Crippen molar-refractivity contribution >= 4 is 10.8 Å². The van der Waals surface area contributed by atoms with Gasteiger partial charge in [0.15, 0.2) is 62.7 Å². The molecule has 0 atom stereocenters. The summed E-state index contributed by atoms with van der Waals surface area (Å²) in [4.78, 5) is 0. The number of hydrogen-bond acceptors (Lipinski definition) is 0. The van der Waals surface area contributed by atoms with E-state index in [-0.39, 0.29) is 0 Å². The minimum Gasteiger partial charge on any atom is -0.201 e. The van der Waals surface area contributed by atoms with E-state index in [0.29, 0.717) is 11.8 Å². The standard InChI is InChI=1S/C50H48N4/c1-37(2)46-15-5-7-17-48(46)53-31-23-41(24-32-53)39-19-27-51(28-20-39)35-44-13-9-11-43-12-10-14-45(50(43)44)36-52-29-21-40(22-30-52)42-25-33-54(34-26-42)49-18-8-6-16-47(49)38(3)4/h5-34,37-38H,35-36H2,1-4H3/q+4. The van der Waals surface area contributed by atoms with Gasteiger partial charge in [-0.2, -0.15) is 9.13 Å². The van der Waals surface area contributed by atoms with Gasteiger partial charge in [0.1, 0.15) is 0 Å².